The summed E-state index contributed by atoms with van der Waals surface area (Å²) in [4.78, 5) is 49.5. The van der Waals surface area contributed by atoms with Crippen molar-refractivity contribution in [3.63, 3.8) is 0 Å². The second-order valence-corrected chi connectivity index (χ2v) is 10.3. The van der Waals surface area contributed by atoms with Gasteiger partial charge in [0.15, 0.2) is 0 Å². The zero-order valence-corrected chi connectivity index (χ0v) is 24.1. The van der Waals surface area contributed by atoms with E-state index in [-0.39, 0.29) is 30.6 Å². The molecular weight excluding hydrogens is 552 g/mol. The van der Waals surface area contributed by atoms with E-state index in [1.165, 1.54) is 7.11 Å². The van der Waals surface area contributed by atoms with E-state index in [4.69, 9.17) is 9.47 Å². The SMILES string of the molecule is COc1cc(CC(=O)Nc2ccc(C(CC(=O)O)NC(=O)C3CCOCC3)cc2)ccc1NC(=O)Nc1ccccc1C. The summed E-state index contributed by atoms with van der Waals surface area (Å²) in [5, 5.41) is 20.7. The number of para-hydroxylation sites is 1. The minimum absolute atomic E-state index is 0.0522. The molecule has 0 aliphatic carbocycles. The van der Waals surface area contributed by atoms with Crippen molar-refractivity contribution in [3.05, 3.63) is 83.4 Å². The number of carbonyl (C=O) groups is 4. The van der Waals surface area contributed by atoms with Gasteiger partial charge in [0, 0.05) is 30.5 Å². The van der Waals surface area contributed by atoms with E-state index in [0.717, 1.165) is 5.56 Å². The third-order valence-electron chi connectivity index (χ3n) is 7.16. The van der Waals surface area contributed by atoms with Gasteiger partial charge in [-0.15, -0.1) is 0 Å². The molecule has 1 fully saturated rings. The molecule has 1 atom stereocenters. The van der Waals surface area contributed by atoms with Gasteiger partial charge in [-0.1, -0.05) is 36.4 Å². The average Bonchev–Trinajstić information content (AvgIpc) is 2.99. The van der Waals surface area contributed by atoms with Crippen molar-refractivity contribution >= 4 is 40.9 Å². The van der Waals surface area contributed by atoms with Crippen LogP contribution < -0.4 is 26.0 Å². The van der Waals surface area contributed by atoms with Gasteiger partial charge >= 0.3 is 12.0 Å². The molecule has 1 heterocycles. The van der Waals surface area contributed by atoms with Crippen LogP contribution in [0.15, 0.2) is 66.7 Å². The van der Waals surface area contributed by atoms with Crippen LogP contribution in [0.2, 0.25) is 0 Å². The maximum atomic E-state index is 12.8. The van der Waals surface area contributed by atoms with Crippen molar-refractivity contribution in [1.29, 1.82) is 0 Å². The zero-order valence-electron chi connectivity index (χ0n) is 24.1. The van der Waals surface area contributed by atoms with Crippen LogP contribution in [0.25, 0.3) is 0 Å². The highest BCUT2D eigenvalue weighted by Gasteiger charge is 2.25. The molecule has 3 aromatic rings. The summed E-state index contributed by atoms with van der Waals surface area (Å²) in [5.74, 6) is -1.29. The van der Waals surface area contributed by atoms with Crippen LogP contribution in [0.1, 0.15) is 42.0 Å². The second kappa shape index (κ2) is 14.8. The number of anilines is 3. The van der Waals surface area contributed by atoms with E-state index < -0.39 is 18.0 Å². The Labute approximate surface area is 250 Å². The topological polar surface area (TPSA) is 155 Å². The fourth-order valence-electron chi connectivity index (χ4n) is 4.80. The third-order valence-corrected chi connectivity index (χ3v) is 7.16. The molecule has 11 nitrogen and oxygen atoms in total. The summed E-state index contributed by atoms with van der Waals surface area (Å²) >= 11 is 0. The fraction of sp³-hybridized carbons (Fsp3) is 0.312. The van der Waals surface area contributed by atoms with Gasteiger partial charge in [-0.2, -0.15) is 0 Å². The van der Waals surface area contributed by atoms with Gasteiger partial charge in [0.1, 0.15) is 5.75 Å². The van der Waals surface area contributed by atoms with E-state index in [2.05, 4.69) is 21.3 Å². The number of carbonyl (C=O) groups excluding carboxylic acids is 3. The van der Waals surface area contributed by atoms with Gasteiger partial charge < -0.3 is 35.8 Å². The number of carboxylic acid groups (broad SMARTS) is 1. The Kier molecular flexibility index (Phi) is 10.7. The highest BCUT2D eigenvalue weighted by atomic mass is 16.5. The van der Waals surface area contributed by atoms with Gasteiger partial charge in [0.25, 0.3) is 0 Å². The lowest BCUT2D eigenvalue weighted by atomic mass is 9.97. The van der Waals surface area contributed by atoms with Crippen LogP contribution >= 0.6 is 0 Å². The summed E-state index contributed by atoms with van der Waals surface area (Å²) in [6, 6.07) is 18.1. The molecule has 1 unspecified atom stereocenters. The first-order valence-electron chi connectivity index (χ1n) is 14.0. The largest absolute Gasteiger partial charge is 0.495 e. The molecule has 0 saturated carbocycles. The Balaban J connectivity index is 1.34. The maximum Gasteiger partial charge on any atom is 0.323 e. The Hall–Kier alpha value is -4.90. The van der Waals surface area contributed by atoms with Gasteiger partial charge in [-0.25, -0.2) is 4.79 Å². The van der Waals surface area contributed by atoms with Crippen LogP contribution in [0, 0.1) is 12.8 Å². The van der Waals surface area contributed by atoms with Crippen molar-refractivity contribution in [3.8, 4) is 5.75 Å². The lowest BCUT2D eigenvalue weighted by molar-refractivity contribution is -0.138. The van der Waals surface area contributed by atoms with Crippen LogP contribution in [-0.2, 0) is 25.5 Å². The highest BCUT2D eigenvalue weighted by Crippen LogP contribution is 2.27. The Morgan fingerprint density at radius 3 is 2.30 bits per heavy atom. The van der Waals surface area contributed by atoms with Gasteiger partial charge in [-0.05, 0) is 66.8 Å². The minimum Gasteiger partial charge on any atom is -0.495 e. The average molecular weight is 589 g/mol. The number of hydrogen-bond acceptors (Lipinski definition) is 6. The molecule has 0 bridgehead atoms. The molecule has 1 saturated heterocycles. The molecule has 0 spiro atoms. The number of benzene rings is 3. The number of aliphatic carboxylic acids is 1. The number of nitrogens with one attached hydrogen (secondary N) is 4. The van der Waals surface area contributed by atoms with Gasteiger partial charge in [-0.3, -0.25) is 14.4 Å². The summed E-state index contributed by atoms with van der Waals surface area (Å²) < 4.78 is 10.7. The molecule has 1 aliphatic heterocycles. The van der Waals surface area contributed by atoms with Gasteiger partial charge in [0.2, 0.25) is 11.8 Å². The smallest absolute Gasteiger partial charge is 0.323 e. The Morgan fingerprint density at radius 2 is 1.63 bits per heavy atom. The van der Waals surface area contributed by atoms with Crippen molar-refractivity contribution in [1.82, 2.24) is 5.32 Å². The van der Waals surface area contributed by atoms with E-state index >= 15 is 0 Å². The molecule has 4 rings (SSSR count). The molecule has 0 radical (unpaired) electrons. The Morgan fingerprint density at radius 1 is 0.930 bits per heavy atom. The first-order chi connectivity index (χ1) is 20.7. The number of hydrogen-bond donors (Lipinski definition) is 5. The summed E-state index contributed by atoms with van der Waals surface area (Å²) in [7, 11) is 1.48. The van der Waals surface area contributed by atoms with Crippen LogP contribution in [0.5, 0.6) is 5.75 Å². The van der Waals surface area contributed by atoms with Gasteiger partial charge in [0.05, 0.1) is 31.7 Å². The summed E-state index contributed by atoms with van der Waals surface area (Å²) in [6.07, 6.45) is 0.994. The first kappa shape index (κ1) is 31.0. The standard InChI is InChI=1S/C32H36N4O7/c1-20-5-3-4-6-25(20)35-32(41)36-26-12-7-21(17-28(26)42-2)18-29(37)33-24-10-8-22(9-11-24)27(19-30(38)39)34-31(40)23-13-15-43-16-14-23/h3-12,17,23,27H,13-16,18-19H2,1-2H3,(H,33,37)(H,34,40)(H,38,39)(H2,35,36,41). The molecule has 43 heavy (non-hydrogen) atoms. The third kappa shape index (κ3) is 9.04. The highest BCUT2D eigenvalue weighted by molar-refractivity contribution is 6.01. The normalized spacial score (nSPS) is 13.8. The van der Waals surface area contributed by atoms with Crippen LogP contribution in [0.3, 0.4) is 0 Å². The number of methoxy groups -OCH3 is 1. The monoisotopic (exact) mass is 588 g/mol. The number of carboxylic acids is 1. The predicted octanol–water partition coefficient (Wildman–Crippen LogP) is 4.89. The maximum absolute atomic E-state index is 12.8. The van der Waals surface area contributed by atoms with Crippen LogP contribution in [-0.4, -0.2) is 49.2 Å². The Bertz CT molecular complexity index is 1450. The number of amides is 4. The second-order valence-electron chi connectivity index (χ2n) is 10.3. The fourth-order valence-corrected chi connectivity index (χ4v) is 4.80. The quantitative estimate of drug-likeness (QED) is 0.214. The summed E-state index contributed by atoms with van der Waals surface area (Å²) in [5.41, 5.74) is 3.90. The number of urea groups is 1. The van der Waals surface area contributed by atoms with Crippen molar-refractivity contribution in [2.75, 3.05) is 36.3 Å². The number of ether oxygens (including phenoxy) is 2. The molecule has 1 aliphatic rings. The van der Waals surface area contributed by atoms with Crippen molar-refractivity contribution in [2.24, 2.45) is 5.92 Å². The molecular formula is C32H36N4O7. The molecule has 0 aromatic heterocycles. The number of rotatable bonds is 11. The van der Waals surface area contributed by atoms with Crippen LogP contribution in [0.4, 0.5) is 21.9 Å². The minimum atomic E-state index is -1.03. The molecule has 226 valence electrons. The predicted molar refractivity (Wildman–Crippen MR) is 162 cm³/mol. The summed E-state index contributed by atoms with van der Waals surface area (Å²) in [6.45, 7) is 2.92. The van der Waals surface area contributed by atoms with E-state index in [1.807, 2.05) is 31.2 Å². The molecule has 3 aromatic carbocycles. The van der Waals surface area contributed by atoms with Crippen molar-refractivity contribution < 1.29 is 33.8 Å². The van der Waals surface area contributed by atoms with E-state index in [9.17, 15) is 24.3 Å². The number of aryl methyl sites for hydroxylation is 1. The van der Waals surface area contributed by atoms with Crippen molar-refractivity contribution in [2.45, 2.75) is 38.6 Å². The van der Waals surface area contributed by atoms with E-state index in [1.54, 1.807) is 42.5 Å². The molecule has 11 heteroatoms. The molecule has 4 amide bonds. The lowest BCUT2D eigenvalue weighted by Crippen LogP contribution is -2.37. The van der Waals surface area contributed by atoms with E-state index in [0.29, 0.717) is 60.0 Å². The first-order valence-corrected chi connectivity index (χ1v) is 14.0. The zero-order chi connectivity index (χ0) is 30.8. The molecule has 5 N–H and O–H groups in total. The lowest BCUT2D eigenvalue weighted by Gasteiger charge is -2.25.